The van der Waals surface area contributed by atoms with Crippen LogP contribution in [0.4, 0.5) is 23.2 Å². The topological polar surface area (TPSA) is 23.6 Å². The normalized spacial score (nSPS) is 15.3. The molecule has 1 aliphatic heterocycles. The average Bonchev–Trinajstić information content (AvgIpc) is 2.63. The summed E-state index contributed by atoms with van der Waals surface area (Å²) in [5, 5.41) is 0. The third-order valence-corrected chi connectivity index (χ3v) is 4.76. The number of alkyl halides is 3. The molecule has 0 spiro atoms. The van der Waals surface area contributed by atoms with Crippen molar-refractivity contribution >= 4 is 27.5 Å². The lowest BCUT2D eigenvalue weighted by molar-refractivity contribution is -0.137. The Morgan fingerprint density at radius 3 is 2.35 bits per heavy atom. The Morgan fingerprint density at radius 2 is 1.69 bits per heavy atom. The zero-order chi connectivity index (χ0) is 18.9. The second-order valence-electron chi connectivity index (χ2n) is 5.95. The third kappa shape index (κ3) is 4.00. The van der Waals surface area contributed by atoms with Gasteiger partial charge in [0.2, 0.25) is 0 Å². The van der Waals surface area contributed by atoms with Gasteiger partial charge in [0, 0.05) is 36.3 Å². The van der Waals surface area contributed by atoms with Crippen molar-refractivity contribution < 1.29 is 22.4 Å². The van der Waals surface area contributed by atoms with E-state index < -0.39 is 23.5 Å². The smallest absolute Gasteiger partial charge is 0.368 e. The summed E-state index contributed by atoms with van der Waals surface area (Å²) in [5.74, 6) is -1.02. The Kier molecular flexibility index (Phi) is 5.22. The molecule has 0 N–H and O–H groups in total. The van der Waals surface area contributed by atoms with E-state index in [-0.39, 0.29) is 5.56 Å². The van der Waals surface area contributed by atoms with Gasteiger partial charge in [-0.05, 0) is 36.4 Å². The fourth-order valence-corrected chi connectivity index (χ4v) is 3.24. The van der Waals surface area contributed by atoms with Crippen molar-refractivity contribution in [3.8, 4) is 0 Å². The highest BCUT2D eigenvalue weighted by molar-refractivity contribution is 9.10. The first kappa shape index (κ1) is 18.7. The van der Waals surface area contributed by atoms with Gasteiger partial charge in [-0.2, -0.15) is 13.2 Å². The van der Waals surface area contributed by atoms with Gasteiger partial charge < -0.3 is 9.80 Å². The number of anilines is 1. The molecule has 0 radical (unpaired) electrons. The summed E-state index contributed by atoms with van der Waals surface area (Å²) < 4.78 is 53.0. The number of carbonyl (C=O) groups is 1. The Balaban J connectivity index is 1.70. The zero-order valence-electron chi connectivity index (χ0n) is 13.6. The molecule has 1 heterocycles. The van der Waals surface area contributed by atoms with E-state index in [1.54, 1.807) is 11.0 Å². The molecular weight excluding hydrogens is 416 g/mol. The van der Waals surface area contributed by atoms with Gasteiger partial charge in [-0.3, -0.25) is 4.79 Å². The minimum atomic E-state index is -4.40. The molecule has 0 saturated carbocycles. The molecule has 1 fully saturated rings. The van der Waals surface area contributed by atoms with Gasteiger partial charge in [0.25, 0.3) is 5.91 Å². The molecule has 0 atom stereocenters. The third-order valence-electron chi connectivity index (χ3n) is 4.26. The molecule has 0 bridgehead atoms. The van der Waals surface area contributed by atoms with Crippen LogP contribution in [0.3, 0.4) is 0 Å². The highest BCUT2D eigenvalue weighted by Crippen LogP contribution is 2.32. The number of halogens is 5. The average molecular weight is 431 g/mol. The monoisotopic (exact) mass is 430 g/mol. The van der Waals surface area contributed by atoms with Crippen molar-refractivity contribution in [1.82, 2.24) is 4.90 Å². The van der Waals surface area contributed by atoms with Crippen molar-refractivity contribution in [3.63, 3.8) is 0 Å². The highest BCUT2D eigenvalue weighted by atomic mass is 79.9. The molecule has 3 rings (SSSR count). The van der Waals surface area contributed by atoms with Crippen LogP contribution in [-0.2, 0) is 6.18 Å². The number of nitrogens with zero attached hydrogens (tertiary/aromatic N) is 2. The summed E-state index contributed by atoms with van der Waals surface area (Å²) in [6.07, 6.45) is -4.40. The predicted octanol–water partition coefficient (Wildman–Crippen LogP) is 4.57. The van der Waals surface area contributed by atoms with E-state index >= 15 is 0 Å². The number of rotatable bonds is 2. The van der Waals surface area contributed by atoms with E-state index in [0.717, 1.165) is 12.1 Å². The van der Waals surface area contributed by atoms with Gasteiger partial charge in [0.1, 0.15) is 5.82 Å². The maximum atomic E-state index is 13.9. The quantitative estimate of drug-likeness (QED) is 0.651. The first-order valence-electron chi connectivity index (χ1n) is 7.92. The number of hydrogen-bond donors (Lipinski definition) is 0. The summed E-state index contributed by atoms with van der Waals surface area (Å²) in [4.78, 5) is 15.8. The molecule has 138 valence electrons. The van der Waals surface area contributed by atoms with Gasteiger partial charge in [0.05, 0.1) is 11.1 Å². The van der Waals surface area contributed by atoms with Gasteiger partial charge in [0.15, 0.2) is 0 Å². The lowest BCUT2D eigenvalue weighted by atomic mass is 10.1. The van der Waals surface area contributed by atoms with Crippen LogP contribution in [0, 0.1) is 5.82 Å². The minimum absolute atomic E-state index is 0.0214. The lowest BCUT2D eigenvalue weighted by Gasteiger charge is -2.36. The lowest BCUT2D eigenvalue weighted by Crippen LogP contribution is -2.49. The van der Waals surface area contributed by atoms with E-state index in [1.165, 1.54) is 29.2 Å². The Bertz CT molecular complexity index is 817. The van der Waals surface area contributed by atoms with Crippen molar-refractivity contribution in [1.29, 1.82) is 0 Å². The molecule has 2 aromatic rings. The first-order valence-corrected chi connectivity index (χ1v) is 8.71. The van der Waals surface area contributed by atoms with E-state index in [9.17, 15) is 22.4 Å². The summed E-state index contributed by atoms with van der Waals surface area (Å²) in [5.41, 5.74) is -0.267. The highest BCUT2D eigenvalue weighted by Gasteiger charge is 2.31. The molecule has 3 nitrogen and oxygen atoms in total. The molecule has 0 aromatic heterocycles. The molecule has 2 aromatic carbocycles. The largest absolute Gasteiger partial charge is 0.416 e. The minimum Gasteiger partial charge on any atom is -0.368 e. The van der Waals surface area contributed by atoms with Crippen LogP contribution >= 0.6 is 15.9 Å². The number of amides is 1. The summed E-state index contributed by atoms with van der Waals surface area (Å²) >= 11 is 3.21. The van der Waals surface area contributed by atoms with Crippen molar-refractivity contribution in [2.75, 3.05) is 31.1 Å². The van der Waals surface area contributed by atoms with Crippen LogP contribution in [-0.4, -0.2) is 37.0 Å². The van der Waals surface area contributed by atoms with Crippen molar-refractivity contribution in [2.45, 2.75) is 6.18 Å². The molecule has 26 heavy (non-hydrogen) atoms. The zero-order valence-corrected chi connectivity index (χ0v) is 15.1. The number of benzene rings is 2. The van der Waals surface area contributed by atoms with Crippen molar-refractivity contribution in [2.24, 2.45) is 0 Å². The Labute approximate surface area is 156 Å². The maximum absolute atomic E-state index is 13.9. The first-order chi connectivity index (χ1) is 12.3. The van der Waals surface area contributed by atoms with E-state index in [0.29, 0.717) is 36.3 Å². The molecular formula is C18H15BrF4N2O. The summed E-state index contributed by atoms with van der Waals surface area (Å²) in [6, 6.07) is 9.27. The SMILES string of the molecule is O=C(c1cc(Br)ccc1F)N1CCN(c2cccc(C(F)(F)F)c2)CC1. The van der Waals surface area contributed by atoms with Crippen LogP contribution in [0.1, 0.15) is 15.9 Å². The summed E-state index contributed by atoms with van der Waals surface area (Å²) in [6.45, 7) is 1.37. The fraction of sp³-hybridized carbons (Fsp3) is 0.278. The van der Waals surface area contributed by atoms with Crippen molar-refractivity contribution in [3.05, 3.63) is 63.9 Å². The fourth-order valence-electron chi connectivity index (χ4n) is 2.88. The molecule has 0 unspecified atom stereocenters. The number of piperazine rings is 1. The summed E-state index contributed by atoms with van der Waals surface area (Å²) in [7, 11) is 0. The van der Waals surface area contributed by atoms with Crippen LogP contribution in [0.5, 0.6) is 0 Å². The molecule has 8 heteroatoms. The van der Waals surface area contributed by atoms with Crippen LogP contribution < -0.4 is 4.90 Å². The molecule has 1 saturated heterocycles. The van der Waals surface area contributed by atoms with Gasteiger partial charge in [-0.1, -0.05) is 22.0 Å². The van der Waals surface area contributed by atoms with Crippen LogP contribution in [0.15, 0.2) is 46.9 Å². The number of hydrogen-bond acceptors (Lipinski definition) is 2. The molecule has 1 amide bonds. The maximum Gasteiger partial charge on any atom is 0.416 e. The van der Waals surface area contributed by atoms with Crippen LogP contribution in [0.2, 0.25) is 0 Å². The van der Waals surface area contributed by atoms with Gasteiger partial charge >= 0.3 is 6.18 Å². The number of carbonyl (C=O) groups excluding carboxylic acids is 1. The Hall–Kier alpha value is -2.09. The van der Waals surface area contributed by atoms with E-state index in [4.69, 9.17) is 0 Å². The molecule has 0 aliphatic carbocycles. The Morgan fingerprint density at radius 1 is 1.00 bits per heavy atom. The van der Waals surface area contributed by atoms with Gasteiger partial charge in [-0.15, -0.1) is 0 Å². The van der Waals surface area contributed by atoms with E-state index in [2.05, 4.69) is 15.9 Å². The second kappa shape index (κ2) is 7.26. The second-order valence-corrected chi connectivity index (χ2v) is 6.87. The predicted molar refractivity (Wildman–Crippen MR) is 93.7 cm³/mol. The van der Waals surface area contributed by atoms with Gasteiger partial charge in [-0.25, -0.2) is 4.39 Å². The molecule has 1 aliphatic rings. The van der Waals surface area contributed by atoms with Crippen LogP contribution in [0.25, 0.3) is 0 Å². The standard InChI is InChI=1S/C18H15BrF4N2O/c19-13-4-5-16(20)15(11-13)17(26)25-8-6-24(7-9-25)14-3-1-2-12(10-14)18(21,22)23/h1-5,10-11H,6-9H2. The van der Waals surface area contributed by atoms with E-state index in [1.807, 2.05) is 0 Å².